The van der Waals surface area contributed by atoms with Crippen molar-refractivity contribution in [3.8, 4) is 0 Å². The maximum absolute atomic E-state index is 12.4. The quantitative estimate of drug-likeness (QED) is 0.799. The molecule has 2 unspecified atom stereocenters. The third kappa shape index (κ3) is 1.97. The molecule has 3 fully saturated rings. The lowest BCUT2D eigenvalue weighted by Gasteiger charge is -2.35. The van der Waals surface area contributed by atoms with Gasteiger partial charge >= 0.3 is 0 Å². The fraction of sp³-hybridized carbons (Fsp3) is 0.615. The topological polar surface area (TPSA) is 45.5 Å². The smallest absolute Gasteiger partial charge is 0.289 e. The summed E-state index contributed by atoms with van der Waals surface area (Å²) < 4.78 is 5.32. The summed E-state index contributed by atoms with van der Waals surface area (Å²) in [5.74, 6) is 1.14. The van der Waals surface area contributed by atoms with E-state index in [1.165, 1.54) is 6.42 Å². The van der Waals surface area contributed by atoms with E-state index in [1.54, 1.807) is 6.26 Å². The predicted molar refractivity (Wildman–Crippen MR) is 63.9 cm³/mol. The molecule has 4 rings (SSSR count). The number of hydrogen-bond acceptors (Lipinski definition) is 3. The van der Waals surface area contributed by atoms with Crippen LogP contribution in [0.25, 0.3) is 0 Å². The molecule has 2 bridgehead atoms. The Morgan fingerprint density at radius 2 is 2.35 bits per heavy atom. The van der Waals surface area contributed by atoms with Gasteiger partial charge < -0.3 is 14.6 Å². The second kappa shape index (κ2) is 4.18. The summed E-state index contributed by atoms with van der Waals surface area (Å²) in [5, 5.41) is 3.43. The van der Waals surface area contributed by atoms with E-state index in [4.69, 9.17) is 4.42 Å². The molecule has 4 heterocycles. The first-order valence-corrected chi connectivity index (χ1v) is 6.31. The largest absolute Gasteiger partial charge is 0.459 e. The van der Waals surface area contributed by atoms with Crippen LogP contribution in [0.4, 0.5) is 0 Å². The van der Waals surface area contributed by atoms with Crippen LogP contribution in [-0.4, -0.2) is 36.5 Å². The van der Waals surface area contributed by atoms with Crippen molar-refractivity contribution >= 4 is 5.91 Å². The molecule has 0 spiro atoms. The monoisotopic (exact) mass is 234 g/mol. The molecule has 0 radical (unpaired) electrons. The Hall–Kier alpha value is -1.29. The Bertz CT molecular complexity index is 423. The summed E-state index contributed by atoms with van der Waals surface area (Å²) >= 11 is 0. The standard InChI is InChI=1S/C13H18N2O2/c1-9-4-12(17-8-9)13(16)15-7-10-2-3-11(15)6-14-5-10/h4,8,10-11,14H,2-3,5-7H2,1H3. The number of hydrogen-bond donors (Lipinski definition) is 1. The molecule has 0 aromatic carbocycles. The highest BCUT2D eigenvalue weighted by Crippen LogP contribution is 2.26. The molecule has 1 amide bonds. The molecule has 92 valence electrons. The Balaban J connectivity index is 1.82. The highest BCUT2D eigenvalue weighted by Gasteiger charge is 2.35. The van der Waals surface area contributed by atoms with E-state index in [0.29, 0.717) is 17.7 Å². The number of carbonyl (C=O) groups excluding carboxylic acids is 1. The molecule has 3 saturated heterocycles. The molecule has 3 aliphatic heterocycles. The summed E-state index contributed by atoms with van der Waals surface area (Å²) in [6.45, 7) is 4.77. The van der Waals surface area contributed by atoms with Crippen LogP contribution in [0, 0.1) is 12.8 Å². The number of nitrogens with zero attached hydrogens (tertiary/aromatic N) is 1. The Morgan fingerprint density at radius 1 is 1.47 bits per heavy atom. The highest BCUT2D eigenvalue weighted by atomic mass is 16.3. The third-order valence-electron chi connectivity index (χ3n) is 3.82. The van der Waals surface area contributed by atoms with Crippen LogP contribution in [0.1, 0.15) is 29.0 Å². The van der Waals surface area contributed by atoms with Crippen LogP contribution < -0.4 is 5.32 Å². The number of aryl methyl sites for hydroxylation is 1. The van der Waals surface area contributed by atoms with Gasteiger partial charge in [0.05, 0.1) is 6.26 Å². The SMILES string of the molecule is Cc1coc(C(=O)N2CC3CCC2CNC3)c1. The van der Waals surface area contributed by atoms with Gasteiger partial charge in [-0.1, -0.05) is 0 Å². The van der Waals surface area contributed by atoms with E-state index in [9.17, 15) is 4.79 Å². The van der Waals surface area contributed by atoms with Crippen LogP contribution in [-0.2, 0) is 0 Å². The van der Waals surface area contributed by atoms with Crippen molar-refractivity contribution in [1.82, 2.24) is 10.2 Å². The summed E-state index contributed by atoms with van der Waals surface area (Å²) in [6, 6.07) is 2.17. The zero-order chi connectivity index (χ0) is 11.8. The molecule has 1 N–H and O–H groups in total. The molecule has 1 aromatic rings. The van der Waals surface area contributed by atoms with Gasteiger partial charge in [0.1, 0.15) is 0 Å². The van der Waals surface area contributed by atoms with Crippen molar-refractivity contribution in [1.29, 1.82) is 0 Å². The van der Waals surface area contributed by atoms with Crippen molar-refractivity contribution in [3.63, 3.8) is 0 Å². The van der Waals surface area contributed by atoms with Gasteiger partial charge in [0, 0.05) is 19.1 Å². The number of rotatable bonds is 1. The van der Waals surface area contributed by atoms with Crippen molar-refractivity contribution in [3.05, 3.63) is 23.7 Å². The number of amides is 1. The molecular formula is C13H18N2O2. The molecule has 1 aromatic heterocycles. The van der Waals surface area contributed by atoms with E-state index in [0.717, 1.165) is 31.6 Å². The first kappa shape index (κ1) is 10.8. The van der Waals surface area contributed by atoms with Crippen molar-refractivity contribution in [2.75, 3.05) is 19.6 Å². The van der Waals surface area contributed by atoms with Crippen LogP contribution in [0.5, 0.6) is 0 Å². The minimum absolute atomic E-state index is 0.0523. The molecule has 2 atom stereocenters. The first-order valence-electron chi connectivity index (χ1n) is 6.31. The van der Waals surface area contributed by atoms with Crippen molar-refractivity contribution in [2.24, 2.45) is 5.92 Å². The van der Waals surface area contributed by atoms with Gasteiger partial charge in [0.25, 0.3) is 5.91 Å². The maximum Gasteiger partial charge on any atom is 0.289 e. The van der Waals surface area contributed by atoms with E-state index in [2.05, 4.69) is 5.32 Å². The number of carbonyl (C=O) groups is 1. The van der Waals surface area contributed by atoms with Gasteiger partial charge in [-0.3, -0.25) is 4.79 Å². The average Bonchev–Trinajstić information content (AvgIpc) is 2.55. The maximum atomic E-state index is 12.4. The fourth-order valence-electron chi connectivity index (χ4n) is 2.87. The van der Waals surface area contributed by atoms with E-state index < -0.39 is 0 Å². The summed E-state index contributed by atoms with van der Waals surface area (Å²) in [5.41, 5.74) is 1.01. The summed E-state index contributed by atoms with van der Waals surface area (Å²) in [7, 11) is 0. The van der Waals surface area contributed by atoms with Gasteiger partial charge in [-0.05, 0) is 43.9 Å². The molecule has 17 heavy (non-hydrogen) atoms. The minimum Gasteiger partial charge on any atom is -0.459 e. The normalized spacial score (nSPS) is 28.2. The lowest BCUT2D eigenvalue weighted by molar-refractivity contribution is 0.0559. The van der Waals surface area contributed by atoms with Crippen LogP contribution in [0.2, 0.25) is 0 Å². The van der Waals surface area contributed by atoms with Crippen LogP contribution in [0.15, 0.2) is 16.7 Å². The van der Waals surface area contributed by atoms with E-state index in [1.807, 2.05) is 17.9 Å². The zero-order valence-electron chi connectivity index (χ0n) is 10.1. The Morgan fingerprint density at radius 3 is 3.12 bits per heavy atom. The van der Waals surface area contributed by atoms with Crippen LogP contribution in [0.3, 0.4) is 0 Å². The Labute approximate surface area is 101 Å². The molecule has 4 heteroatoms. The average molecular weight is 234 g/mol. The first-order chi connectivity index (χ1) is 8.24. The number of nitrogens with one attached hydrogen (secondary N) is 1. The second-order valence-electron chi connectivity index (χ2n) is 5.20. The van der Waals surface area contributed by atoms with Gasteiger partial charge in [-0.25, -0.2) is 0 Å². The minimum atomic E-state index is 0.0523. The van der Waals surface area contributed by atoms with E-state index >= 15 is 0 Å². The lowest BCUT2D eigenvalue weighted by atomic mass is 9.95. The molecule has 3 aliphatic rings. The zero-order valence-corrected chi connectivity index (χ0v) is 10.1. The lowest BCUT2D eigenvalue weighted by Crippen LogP contribution is -2.47. The Kier molecular flexibility index (Phi) is 2.67. The molecule has 0 saturated carbocycles. The predicted octanol–water partition coefficient (Wildman–Crippen LogP) is 1.41. The molecule has 4 nitrogen and oxygen atoms in total. The summed E-state index contributed by atoms with van der Waals surface area (Å²) in [6.07, 6.45) is 3.99. The van der Waals surface area contributed by atoms with E-state index in [-0.39, 0.29) is 5.91 Å². The van der Waals surface area contributed by atoms with Gasteiger partial charge in [0.15, 0.2) is 5.76 Å². The second-order valence-corrected chi connectivity index (χ2v) is 5.20. The number of furan rings is 1. The highest BCUT2D eigenvalue weighted by molar-refractivity contribution is 5.92. The van der Waals surface area contributed by atoms with Crippen molar-refractivity contribution in [2.45, 2.75) is 25.8 Å². The van der Waals surface area contributed by atoms with Gasteiger partial charge in [-0.15, -0.1) is 0 Å². The summed E-state index contributed by atoms with van der Waals surface area (Å²) in [4.78, 5) is 14.4. The fourth-order valence-corrected chi connectivity index (χ4v) is 2.87. The molecular weight excluding hydrogens is 216 g/mol. The van der Waals surface area contributed by atoms with Gasteiger partial charge in [-0.2, -0.15) is 0 Å². The third-order valence-corrected chi connectivity index (χ3v) is 3.82. The van der Waals surface area contributed by atoms with Gasteiger partial charge in [0.2, 0.25) is 0 Å². The van der Waals surface area contributed by atoms with Crippen LogP contribution >= 0.6 is 0 Å². The number of fused-ring (bicyclic) bond motifs is 4. The van der Waals surface area contributed by atoms with Crippen molar-refractivity contribution < 1.29 is 9.21 Å². The molecule has 0 aliphatic carbocycles. The number of piperidine rings is 1.